The Balaban J connectivity index is 0.00000288. The predicted molar refractivity (Wildman–Crippen MR) is 80.8 cm³/mol. The number of nitrogens with one attached hydrogen (secondary N) is 1. The minimum atomic E-state index is -5.07. The second-order valence-corrected chi connectivity index (χ2v) is 4.96. The standard InChI is InChI=1S/C13H13F7N2O.2ClH/c14-10-2-1-8(23-13(18,19)20)7-9(10)11(12(15,16)17)22-5-3-21-4-6-22;;/h1-2,7,11,21H,3-6H2;2*1H/t11-;;/m1../s1. The van der Waals surface area contributed by atoms with Crippen LogP contribution in [0.3, 0.4) is 0 Å². The van der Waals surface area contributed by atoms with Crippen molar-refractivity contribution in [2.45, 2.75) is 18.6 Å². The third-order valence-electron chi connectivity index (χ3n) is 3.32. The van der Waals surface area contributed by atoms with Gasteiger partial charge in [0.25, 0.3) is 0 Å². The first kappa shape index (κ1) is 24.0. The zero-order chi connectivity index (χ0) is 17.3. The van der Waals surface area contributed by atoms with E-state index in [1.54, 1.807) is 0 Å². The van der Waals surface area contributed by atoms with E-state index in [1.165, 1.54) is 0 Å². The Morgan fingerprint density at radius 1 is 1.00 bits per heavy atom. The molecule has 25 heavy (non-hydrogen) atoms. The molecule has 1 aromatic rings. The van der Waals surface area contributed by atoms with Crippen molar-refractivity contribution < 1.29 is 35.5 Å². The fourth-order valence-corrected chi connectivity index (χ4v) is 2.45. The van der Waals surface area contributed by atoms with Gasteiger partial charge in [0.1, 0.15) is 17.6 Å². The van der Waals surface area contributed by atoms with Crippen LogP contribution in [0.15, 0.2) is 18.2 Å². The molecular weight excluding hydrogens is 404 g/mol. The van der Waals surface area contributed by atoms with Crippen LogP contribution in [-0.4, -0.2) is 43.6 Å². The van der Waals surface area contributed by atoms with Gasteiger partial charge in [0.2, 0.25) is 0 Å². The van der Waals surface area contributed by atoms with Gasteiger partial charge >= 0.3 is 12.5 Å². The van der Waals surface area contributed by atoms with Gasteiger partial charge in [0.05, 0.1) is 0 Å². The van der Waals surface area contributed by atoms with Crippen LogP contribution in [0.1, 0.15) is 11.6 Å². The molecule has 0 radical (unpaired) electrons. The number of rotatable bonds is 3. The molecule has 1 saturated heterocycles. The molecule has 0 aliphatic carbocycles. The van der Waals surface area contributed by atoms with Gasteiger partial charge in [0.15, 0.2) is 0 Å². The monoisotopic (exact) mass is 418 g/mol. The van der Waals surface area contributed by atoms with E-state index in [9.17, 15) is 30.7 Å². The highest BCUT2D eigenvalue weighted by atomic mass is 35.5. The SMILES string of the molecule is Cl.Cl.Fc1ccc(OC(F)(F)F)cc1[C@@H](N1CCNCC1)C(F)(F)F. The molecule has 1 aliphatic heterocycles. The van der Waals surface area contributed by atoms with Crippen molar-refractivity contribution in [3.05, 3.63) is 29.6 Å². The van der Waals surface area contributed by atoms with Crippen LogP contribution in [0, 0.1) is 5.82 Å². The fourth-order valence-electron chi connectivity index (χ4n) is 2.45. The van der Waals surface area contributed by atoms with Crippen molar-refractivity contribution in [2.24, 2.45) is 0 Å². The summed E-state index contributed by atoms with van der Waals surface area (Å²) in [7, 11) is 0. The number of nitrogens with zero attached hydrogens (tertiary/aromatic N) is 1. The summed E-state index contributed by atoms with van der Waals surface area (Å²) in [5.74, 6) is -2.13. The normalized spacial score (nSPS) is 17.2. The topological polar surface area (TPSA) is 24.5 Å². The van der Waals surface area contributed by atoms with Crippen LogP contribution in [0.2, 0.25) is 0 Å². The summed E-state index contributed by atoms with van der Waals surface area (Å²) in [6, 6.07) is -0.709. The molecule has 0 amide bonds. The summed E-state index contributed by atoms with van der Waals surface area (Å²) < 4.78 is 94.1. The Morgan fingerprint density at radius 2 is 1.56 bits per heavy atom. The van der Waals surface area contributed by atoms with Crippen molar-refractivity contribution in [1.29, 1.82) is 0 Å². The lowest BCUT2D eigenvalue weighted by Crippen LogP contribution is -2.49. The lowest BCUT2D eigenvalue weighted by molar-refractivity contribution is -0.274. The van der Waals surface area contributed by atoms with E-state index in [0.717, 1.165) is 4.90 Å². The predicted octanol–water partition coefficient (Wildman–Crippen LogP) is 4.08. The zero-order valence-corrected chi connectivity index (χ0v) is 14.1. The summed E-state index contributed by atoms with van der Waals surface area (Å²) in [6.07, 6.45) is -9.91. The van der Waals surface area contributed by atoms with Gasteiger partial charge in [-0.25, -0.2) is 4.39 Å². The Morgan fingerprint density at radius 3 is 2.04 bits per heavy atom. The summed E-state index contributed by atoms with van der Waals surface area (Å²) >= 11 is 0. The molecule has 1 heterocycles. The molecule has 1 N–H and O–H groups in total. The number of hydrogen-bond acceptors (Lipinski definition) is 3. The maximum Gasteiger partial charge on any atom is 0.573 e. The van der Waals surface area contributed by atoms with Gasteiger partial charge in [-0.3, -0.25) is 4.90 Å². The molecule has 2 rings (SSSR count). The van der Waals surface area contributed by atoms with Gasteiger partial charge < -0.3 is 10.1 Å². The highest BCUT2D eigenvalue weighted by Gasteiger charge is 2.46. The third-order valence-corrected chi connectivity index (χ3v) is 3.32. The van der Waals surface area contributed by atoms with E-state index >= 15 is 0 Å². The van der Waals surface area contributed by atoms with Crippen molar-refractivity contribution in [3.63, 3.8) is 0 Å². The number of alkyl halides is 6. The van der Waals surface area contributed by atoms with E-state index < -0.39 is 35.7 Å². The highest BCUT2D eigenvalue weighted by molar-refractivity contribution is 5.85. The third kappa shape index (κ3) is 6.69. The molecule has 0 saturated carbocycles. The lowest BCUT2D eigenvalue weighted by Gasteiger charge is -2.36. The molecule has 0 spiro atoms. The van der Waals surface area contributed by atoms with Gasteiger partial charge in [-0.05, 0) is 18.2 Å². The van der Waals surface area contributed by atoms with Crippen LogP contribution in [-0.2, 0) is 0 Å². The van der Waals surface area contributed by atoms with Crippen molar-refractivity contribution in [1.82, 2.24) is 10.2 Å². The smallest absolute Gasteiger partial charge is 0.406 e. The molecule has 12 heteroatoms. The molecule has 3 nitrogen and oxygen atoms in total. The van der Waals surface area contributed by atoms with E-state index in [-0.39, 0.29) is 51.0 Å². The van der Waals surface area contributed by atoms with E-state index in [4.69, 9.17) is 0 Å². The second kappa shape index (κ2) is 9.11. The molecule has 1 aromatic carbocycles. The van der Waals surface area contributed by atoms with Crippen LogP contribution in [0.4, 0.5) is 30.7 Å². The average Bonchev–Trinajstić information content (AvgIpc) is 2.41. The van der Waals surface area contributed by atoms with Gasteiger partial charge in [-0.1, -0.05) is 0 Å². The number of ether oxygens (including phenoxy) is 1. The molecule has 1 aliphatic rings. The first-order chi connectivity index (χ1) is 10.6. The first-order valence-electron chi connectivity index (χ1n) is 6.64. The van der Waals surface area contributed by atoms with Crippen LogP contribution < -0.4 is 10.1 Å². The van der Waals surface area contributed by atoms with Gasteiger partial charge in [-0.15, -0.1) is 38.0 Å². The largest absolute Gasteiger partial charge is 0.573 e. The summed E-state index contributed by atoms with van der Waals surface area (Å²) in [4.78, 5) is 0.978. The number of hydrogen-bond donors (Lipinski definition) is 1. The maximum absolute atomic E-state index is 13.9. The first-order valence-corrected chi connectivity index (χ1v) is 6.64. The van der Waals surface area contributed by atoms with E-state index in [2.05, 4.69) is 10.1 Å². The Bertz CT molecular complexity index is 548. The average molecular weight is 419 g/mol. The zero-order valence-electron chi connectivity index (χ0n) is 12.5. The minimum Gasteiger partial charge on any atom is -0.406 e. The van der Waals surface area contributed by atoms with Crippen molar-refractivity contribution in [2.75, 3.05) is 26.2 Å². The van der Waals surface area contributed by atoms with Gasteiger partial charge in [-0.2, -0.15) is 13.2 Å². The summed E-state index contributed by atoms with van der Waals surface area (Å²) in [5.41, 5.74) is -0.888. The van der Waals surface area contributed by atoms with Crippen LogP contribution in [0.25, 0.3) is 0 Å². The Kier molecular flexibility index (Phi) is 8.76. The molecule has 1 atom stereocenters. The molecule has 146 valence electrons. The maximum atomic E-state index is 13.9. The van der Waals surface area contributed by atoms with E-state index in [1.807, 2.05) is 0 Å². The molecule has 1 fully saturated rings. The number of piperazine rings is 1. The molecule has 0 aromatic heterocycles. The highest BCUT2D eigenvalue weighted by Crippen LogP contribution is 2.40. The molecule has 0 bridgehead atoms. The van der Waals surface area contributed by atoms with Crippen molar-refractivity contribution >= 4 is 24.8 Å². The quantitative estimate of drug-likeness (QED) is 0.748. The summed E-state index contributed by atoms with van der Waals surface area (Å²) in [6.45, 7) is 0.530. The molecular formula is C13H15Cl2F7N2O. The number of halogens is 9. The number of benzene rings is 1. The van der Waals surface area contributed by atoms with Crippen LogP contribution >= 0.6 is 24.8 Å². The van der Waals surface area contributed by atoms with E-state index in [0.29, 0.717) is 18.2 Å². The van der Waals surface area contributed by atoms with Crippen LogP contribution in [0.5, 0.6) is 5.75 Å². The minimum absolute atomic E-state index is 0. The second-order valence-electron chi connectivity index (χ2n) is 4.96. The van der Waals surface area contributed by atoms with Crippen molar-refractivity contribution in [3.8, 4) is 5.75 Å². The molecule has 0 unspecified atom stereocenters. The fraction of sp³-hybridized carbons (Fsp3) is 0.538. The lowest BCUT2D eigenvalue weighted by atomic mass is 10.0. The Labute approximate surface area is 151 Å². The van der Waals surface area contributed by atoms with Gasteiger partial charge in [0, 0.05) is 31.7 Å². The Hall–Kier alpha value is -0.970. The summed E-state index contributed by atoms with van der Waals surface area (Å²) in [5, 5.41) is 2.85.